The number of nitrogens with two attached hydrogens (primary N) is 1. The lowest BCUT2D eigenvalue weighted by Crippen LogP contribution is -2.19. The fraction of sp³-hybridized carbons (Fsp3) is 0.208. The van der Waals surface area contributed by atoms with Gasteiger partial charge in [-0.05, 0) is 55.5 Å². The van der Waals surface area contributed by atoms with Gasteiger partial charge in [0.05, 0.1) is 11.3 Å². The monoisotopic (exact) mass is 490 g/mol. The Hall–Kier alpha value is -3.50. The number of anilines is 1. The van der Waals surface area contributed by atoms with Crippen LogP contribution in [-0.4, -0.2) is 37.3 Å². The zero-order chi connectivity index (χ0) is 23.5. The van der Waals surface area contributed by atoms with Crippen molar-refractivity contribution >= 4 is 39.9 Å². The number of benzene rings is 1. The first-order chi connectivity index (χ1) is 16.6. The van der Waals surface area contributed by atoms with Crippen molar-refractivity contribution in [1.82, 2.24) is 19.7 Å². The molecule has 0 radical (unpaired) electrons. The van der Waals surface area contributed by atoms with Gasteiger partial charge in [-0.25, -0.2) is 0 Å². The molecule has 5 rings (SSSR count). The summed E-state index contributed by atoms with van der Waals surface area (Å²) in [6.07, 6.45) is 7.27. The van der Waals surface area contributed by atoms with E-state index in [1.807, 2.05) is 47.0 Å². The van der Waals surface area contributed by atoms with E-state index >= 15 is 0 Å². The highest BCUT2D eigenvalue weighted by Gasteiger charge is 2.25. The lowest BCUT2D eigenvalue weighted by atomic mass is 9.95. The Morgan fingerprint density at radius 3 is 2.59 bits per heavy atom. The summed E-state index contributed by atoms with van der Waals surface area (Å²) in [4.78, 5) is 30.2. The Bertz CT molecular complexity index is 1330. The number of rotatable bonds is 7. The molecule has 0 aliphatic heterocycles. The Balaban J connectivity index is 1.38. The molecule has 3 aromatic heterocycles. The van der Waals surface area contributed by atoms with Crippen LogP contribution < -0.4 is 11.1 Å². The van der Waals surface area contributed by atoms with Crippen molar-refractivity contribution in [1.29, 1.82) is 0 Å². The maximum atomic E-state index is 12.9. The standard InChI is InChI=1S/C24H22N6O2S2/c25-21(32)20-17-8-4-5-9-18(17)34-23(20)27-19(31)14-33-24-29-28-22(15-10-12-26-13-11-15)30(24)16-6-2-1-3-7-16/h1-3,6-7,10-13H,4-5,8-9,14H2,(H2,25,32)(H,27,31). The molecule has 3 heterocycles. The summed E-state index contributed by atoms with van der Waals surface area (Å²) in [5, 5.41) is 12.8. The summed E-state index contributed by atoms with van der Waals surface area (Å²) in [6.45, 7) is 0. The number of hydrogen-bond acceptors (Lipinski definition) is 7. The van der Waals surface area contributed by atoms with Crippen LogP contribution in [0, 0.1) is 0 Å². The second kappa shape index (κ2) is 9.78. The van der Waals surface area contributed by atoms with Crippen molar-refractivity contribution in [2.75, 3.05) is 11.1 Å². The largest absolute Gasteiger partial charge is 0.365 e. The SMILES string of the molecule is NC(=O)c1c(NC(=O)CSc2nnc(-c3ccncc3)n2-c2ccccc2)sc2c1CCCC2. The second-order valence-corrected chi connectivity index (χ2v) is 9.88. The Morgan fingerprint density at radius 1 is 1.06 bits per heavy atom. The fourth-order valence-electron chi connectivity index (χ4n) is 4.07. The number of thioether (sulfide) groups is 1. The molecule has 34 heavy (non-hydrogen) atoms. The summed E-state index contributed by atoms with van der Waals surface area (Å²) in [6, 6.07) is 13.5. The zero-order valence-corrected chi connectivity index (χ0v) is 19.9. The number of carbonyl (C=O) groups is 2. The van der Waals surface area contributed by atoms with Crippen LogP contribution in [0.4, 0.5) is 5.00 Å². The second-order valence-electron chi connectivity index (χ2n) is 7.83. The predicted octanol–water partition coefficient (Wildman–Crippen LogP) is 4.10. The third-order valence-electron chi connectivity index (χ3n) is 5.59. The van der Waals surface area contributed by atoms with Crippen molar-refractivity contribution in [2.45, 2.75) is 30.8 Å². The molecule has 3 N–H and O–H groups in total. The van der Waals surface area contributed by atoms with Crippen molar-refractivity contribution < 1.29 is 9.59 Å². The van der Waals surface area contributed by atoms with Crippen LogP contribution in [0.2, 0.25) is 0 Å². The van der Waals surface area contributed by atoms with Crippen molar-refractivity contribution in [3.63, 3.8) is 0 Å². The summed E-state index contributed by atoms with van der Waals surface area (Å²) in [7, 11) is 0. The van der Waals surface area contributed by atoms with Gasteiger partial charge in [0.1, 0.15) is 5.00 Å². The van der Waals surface area contributed by atoms with Gasteiger partial charge < -0.3 is 11.1 Å². The number of hydrogen-bond donors (Lipinski definition) is 2. The Labute approximate surface area is 204 Å². The Morgan fingerprint density at radius 2 is 1.82 bits per heavy atom. The van der Waals surface area contributed by atoms with Gasteiger partial charge in [-0.1, -0.05) is 30.0 Å². The van der Waals surface area contributed by atoms with E-state index in [0.717, 1.165) is 47.4 Å². The van der Waals surface area contributed by atoms with E-state index in [9.17, 15) is 9.59 Å². The van der Waals surface area contributed by atoms with Gasteiger partial charge in [-0.2, -0.15) is 0 Å². The molecule has 10 heteroatoms. The minimum atomic E-state index is -0.492. The Kier molecular flexibility index (Phi) is 6.41. The summed E-state index contributed by atoms with van der Waals surface area (Å²) in [5.41, 5.74) is 8.88. The maximum Gasteiger partial charge on any atom is 0.251 e. The number of carbonyl (C=O) groups excluding carboxylic acids is 2. The predicted molar refractivity (Wildman–Crippen MR) is 133 cm³/mol. The van der Waals surface area contributed by atoms with Crippen molar-refractivity contribution in [3.05, 3.63) is 70.9 Å². The average molecular weight is 491 g/mol. The van der Waals surface area contributed by atoms with Crippen LogP contribution in [0.1, 0.15) is 33.6 Å². The molecular formula is C24H22N6O2S2. The molecule has 172 valence electrons. The van der Waals surface area contributed by atoms with Gasteiger partial charge in [-0.3, -0.25) is 19.1 Å². The van der Waals surface area contributed by atoms with E-state index in [0.29, 0.717) is 21.5 Å². The smallest absolute Gasteiger partial charge is 0.251 e. The normalized spacial score (nSPS) is 12.8. The van der Waals surface area contributed by atoms with E-state index < -0.39 is 5.91 Å². The third kappa shape index (κ3) is 4.46. The van der Waals surface area contributed by atoms with Crippen LogP contribution in [0.5, 0.6) is 0 Å². The van der Waals surface area contributed by atoms with Gasteiger partial charge in [0.2, 0.25) is 5.91 Å². The molecule has 1 aliphatic carbocycles. The van der Waals surface area contributed by atoms with Crippen LogP contribution in [0.3, 0.4) is 0 Å². The van der Waals surface area contributed by atoms with Crippen LogP contribution in [0.25, 0.3) is 17.1 Å². The number of thiophene rings is 1. The van der Waals surface area contributed by atoms with E-state index in [1.165, 1.54) is 23.1 Å². The number of amides is 2. The number of fused-ring (bicyclic) bond motifs is 1. The molecule has 2 amide bonds. The molecule has 0 unspecified atom stereocenters. The number of pyridine rings is 1. The summed E-state index contributed by atoms with van der Waals surface area (Å²) in [5.74, 6) is 0.0630. The van der Waals surface area contributed by atoms with Gasteiger partial charge >= 0.3 is 0 Å². The summed E-state index contributed by atoms with van der Waals surface area (Å²) >= 11 is 2.74. The highest BCUT2D eigenvalue weighted by molar-refractivity contribution is 7.99. The molecule has 4 aromatic rings. The average Bonchev–Trinajstić information content (AvgIpc) is 3.45. The first-order valence-corrected chi connectivity index (χ1v) is 12.7. The van der Waals surface area contributed by atoms with Crippen molar-refractivity contribution in [2.24, 2.45) is 5.73 Å². The van der Waals surface area contributed by atoms with Gasteiger partial charge in [0.25, 0.3) is 5.91 Å². The molecule has 1 aliphatic rings. The number of aromatic nitrogens is 4. The van der Waals surface area contributed by atoms with E-state index in [2.05, 4.69) is 20.5 Å². The van der Waals surface area contributed by atoms with E-state index in [-0.39, 0.29) is 11.7 Å². The fourth-order valence-corrected chi connectivity index (χ4v) is 6.13. The quantitative estimate of drug-likeness (QED) is 0.377. The molecule has 0 spiro atoms. The molecular weight excluding hydrogens is 468 g/mol. The first kappa shape index (κ1) is 22.3. The van der Waals surface area contributed by atoms with Gasteiger partial charge in [0.15, 0.2) is 11.0 Å². The highest BCUT2D eigenvalue weighted by Crippen LogP contribution is 2.38. The lowest BCUT2D eigenvalue weighted by molar-refractivity contribution is -0.113. The number of para-hydroxylation sites is 1. The molecule has 0 fully saturated rings. The van der Waals surface area contributed by atoms with Crippen LogP contribution >= 0.6 is 23.1 Å². The number of primary amides is 1. The number of nitrogens with one attached hydrogen (secondary N) is 1. The molecule has 0 saturated heterocycles. The molecule has 0 saturated carbocycles. The number of nitrogens with zero attached hydrogens (tertiary/aromatic N) is 4. The topological polar surface area (TPSA) is 116 Å². The third-order valence-corrected chi connectivity index (χ3v) is 7.73. The molecule has 8 nitrogen and oxygen atoms in total. The minimum Gasteiger partial charge on any atom is -0.365 e. The lowest BCUT2D eigenvalue weighted by Gasteiger charge is -2.11. The van der Waals surface area contributed by atoms with Crippen LogP contribution in [0.15, 0.2) is 60.0 Å². The summed E-state index contributed by atoms with van der Waals surface area (Å²) < 4.78 is 1.92. The molecule has 1 aromatic carbocycles. The molecule has 0 atom stereocenters. The molecule has 0 bridgehead atoms. The van der Waals surface area contributed by atoms with E-state index in [4.69, 9.17) is 5.73 Å². The van der Waals surface area contributed by atoms with E-state index in [1.54, 1.807) is 12.4 Å². The van der Waals surface area contributed by atoms with Gasteiger partial charge in [-0.15, -0.1) is 21.5 Å². The van der Waals surface area contributed by atoms with Crippen molar-refractivity contribution in [3.8, 4) is 17.1 Å². The van der Waals surface area contributed by atoms with Gasteiger partial charge in [0, 0.05) is 28.5 Å². The zero-order valence-electron chi connectivity index (χ0n) is 18.2. The maximum absolute atomic E-state index is 12.9. The number of aryl methyl sites for hydroxylation is 1. The van der Waals surface area contributed by atoms with Crippen LogP contribution in [-0.2, 0) is 17.6 Å². The first-order valence-electron chi connectivity index (χ1n) is 10.9. The minimum absolute atomic E-state index is 0.113. The highest BCUT2D eigenvalue weighted by atomic mass is 32.2.